The molecule has 0 fully saturated rings. The van der Waals surface area contributed by atoms with Gasteiger partial charge in [0.25, 0.3) is 0 Å². The van der Waals surface area contributed by atoms with Crippen molar-refractivity contribution >= 4 is 33.7 Å². The van der Waals surface area contributed by atoms with Crippen molar-refractivity contribution < 1.29 is 0 Å². The lowest BCUT2D eigenvalue weighted by atomic mass is 9.70. The van der Waals surface area contributed by atoms with Crippen LogP contribution in [0.2, 0.25) is 0 Å². The van der Waals surface area contributed by atoms with E-state index in [9.17, 15) is 0 Å². The predicted molar refractivity (Wildman–Crippen MR) is 251 cm³/mol. The molecule has 300 valence electrons. The first-order valence-electron chi connectivity index (χ1n) is 22.7. The van der Waals surface area contributed by atoms with Crippen LogP contribution < -0.4 is 0 Å². The number of unbranched alkanes of at least 4 members (excludes halogenated alkanes) is 10. The molecule has 6 aromatic rings. The van der Waals surface area contributed by atoms with Crippen molar-refractivity contribution in [2.75, 3.05) is 0 Å². The zero-order valence-corrected chi connectivity index (χ0v) is 37.5. The molecule has 0 unspecified atom stereocenters. The fraction of sp³-hybridized carbons (Fsp3) is 0.472. The van der Waals surface area contributed by atoms with Gasteiger partial charge in [-0.25, -0.2) is 9.97 Å². The molecule has 4 heteroatoms. The van der Waals surface area contributed by atoms with Gasteiger partial charge in [0.15, 0.2) is 0 Å². The molecule has 0 N–H and O–H groups in total. The number of fused-ring (bicyclic) bond motifs is 4. The monoisotopic (exact) mass is 794 g/mol. The lowest BCUT2D eigenvalue weighted by Crippen LogP contribution is -2.25. The summed E-state index contributed by atoms with van der Waals surface area (Å²) in [6, 6.07) is 28.6. The minimum Gasteiger partial charge on any atom is -0.249 e. The average molecular weight is 795 g/mol. The quantitative estimate of drug-likeness (QED) is 0.0678. The van der Waals surface area contributed by atoms with Crippen LogP contribution in [0.3, 0.4) is 0 Å². The van der Waals surface area contributed by atoms with Crippen molar-refractivity contribution in [3.05, 3.63) is 106 Å². The number of hydrogen-bond donors (Lipinski definition) is 0. The molecule has 0 spiro atoms. The van der Waals surface area contributed by atoms with Crippen molar-refractivity contribution in [2.45, 2.75) is 163 Å². The molecular weight excluding hydrogens is 729 g/mol. The maximum absolute atomic E-state index is 5.48. The van der Waals surface area contributed by atoms with Gasteiger partial charge in [0.1, 0.15) is 0 Å². The van der Waals surface area contributed by atoms with E-state index in [2.05, 4.69) is 114 Å². The number of hydrogen-bond acceptors (Lipinski definition) is 4. The number of benzene rings is 3. The van der Waals surface area contributed by atoms with Crippen molar-refractivity contribution in [3.8, 4) is 42.4 Å². The molecule has 3 aromatic carbocycles. The molecule has 7 rings (SSSR count). The Morgan fingerprint density at radius 2 is 0.947 bits per heavy atom. The minimum absolute atomic E-state index is 0.0793. The normalized spacial score (nSPS) is 13.1. The lowest BCUT2D eigenvalue weighted by Gasteiger charge is -2.33. The van der Waals surface area contributed by atoms with Gasteiger partial charge in [-0.3, -0.25) is 0 Å². The molecule has 1 aliphatic rings. The number of thiophene rings is 2. The predicted octanol–water partition coefficient (Wildman–Crippen LogP) is 17.0. The standard InChI is InChI=1S/C53H66N2S2/c1-7-11-13-15-17-19-33-53(34-20-18-16-14-12-8-2)44-35-37(5)23-26-40(44)41-27-25-39(36-45(41)53)48-31-32-50(57-48)43-29-28-42(49-30-24-38(6)56-49)51-52(43)55-47(22-10-4)46(54-51)21-9-3/h23-32,35-36H,7-22,33-34H2,1-6H3. The summed E-state index contributed by atoms with van der Waals surface area (Å²) < 4.78 is 0. The molecule has 0 amide bonds. The third-order valence-corrected chi connectivity index (χ3v) is 14.7. The van der Waals surface area contributed by atoms with Gasteiger partial charge in [0.05, 0.1) is 22.4 Å². The minimum atomic E-state index is 0.0793. The SMILES string of the molecule is CCCCCCCCC1(CCCCCCCC)c2cc(C)ccc2-c2ccc(-c3ccc(-c4ccc(-c5ccc(C)s5)c5nc(CCC)c(CCC)nc45)s3)cc21. The van der Waals surface area contributed by atoms with E-state index in [0.717, 1.165) is 36.7 Å². The zero-order chi connectivity index (χ0) is 39.8. The van der Waals surface area contributed by atoms with Gasteiger partial charge in [0, 0.05) is 36.1 Å². The molecule has 0 bridgehead atoms. The second kappa shape index (κ2) is 19.4. The number of rotatable bonds is 21. The highest BCUT2D eigenvalue weighted by atomic mass is 32.1. The van der Waals surface area contributed by atoms with E-state index in [4.69, 9.17) is 9.97 Å². The number of nitrogens with zero attached hydrogens (tertiary/aromatic N) is 2. The second-order valence-electron chi connectivity index (χ2n) is 17.0. The number of aromatic nitrogens is 2. The lowest BCUT2D eigenvalue weighted by molar-refractivity contribution is 0.398. The van der Waals surface area contributed by atoms with E-state index >= 15 is 0 Å². The largest absolute Gasteiger partial charge is 0.249 e. The summed E-state index contributed by atoms with van der Waals surface area (Å²) in [6.07, 6.45) is 22.6. The molecule has 0 saturated carbocycles. The van der Waals surface area contributed by atoms with Gasteiger partial charge in [-0.15, -0.1) is 22.7 Å². The first-order chi connectivity index (χ1) is 27.9. The van der Waals surface area contributed by atoms with Crippen LogP contribution in [0.15, 0.2) is 72.8 Å². The van der Waals surface area contributed by atoms with Crippen LogP contribution in [-0.2, 0) is 18.3 Å². The molecule has 57 heavy (non-hydrogen) atoms. The van der Waals surface area contributed by atoms with E-state index < -0.39 is 0 Å². The van der Waals surface area contributed by atoms with Gasteiger partial charge < -0.3 is 0 Å². The Hall–Kier alpha value is -3.60. The summed E-state index contributed by atoms with van der Waals surface area (Å²) in [5, 5.41) is 0. The highest BCUT2D eigenvalue weighted by Crippen LogP contribution is 2.55. The zero-order valence-electron chi connectivity index (χ0n) is 35.9. The summed E-state index contributed by atoms with van der Waals surface area (Å²) in [7, 11) is 0. The fourth-order valence-electron chi connectivity index (χ4n) is 9.53. The summed E-state index contributed by atoms with van der Waals surface area (Å²) >= 11 is 3.77. The van der Waals surface area contributed by atoms with Gasteiger partial charge in [-0.05, 0) is 97.7 Å². The van der Waals surface area contributed by atoms with Crippen molar-refractivity contribution in [3.63, 3.8) is 0 Å². The van der Waals surface area contributed by atoms with Crippen LogP contribution in [0.1, 0.15) is 163 Å². The Kier molecular flexibility index (Phi) is 14.2. The van der Waals surface area contributed by atoms with E-state index in [-0.39, 0.29) is 5.41 Å². The van der Waals surface area contributed by atoms with Crippen LogP contribution in [-0.4, -0.2) is 9.97 Å². The van der Waals surface area contributed by atoms with Crippen LogP contribution in [0.4, 0.5) is 0 Å². The van der Waals surface area contributed by atoms with Gasteiger partial charge in [-0.1, -0.05) is 166 Å². The maximum atomic E-state index is 5.48. The first kappa shape index (κ1) is 41.6. The van der Waals surface area contributed by atoms with Gasteiger partial charge in [-0.2, -0.15) is 0 Å². The van der Waals surface area contributed by atoms with Crippen LogP contribution in [0.25, 0.3) is 53.5 Å². The molecule has 2 nitrogen and oxygen atoms in total. The van der Waals surface area contributed by atoms with Crippen molar-refractivity contribution in [1.82, 2.24) is 9.97 Å². The van der Waals surface area contributed by atoms with E-state index in [1.165, 1.54) is 154 Å². The summed E-state index contributed by atoms with van der Waals surface area (Å²) in [5.74, 6) is 0. The summed E-state index contributed by atoms with van der Waals surface area (Å²) in [5.41, 5.74) is 15.8. The van der Waals surface area contributed by atoms with Crippen molar-refractivity contribution in [2.24, 2.45) is 0 Å². The highest BCUT2D eigenvalue weighted by molar-refractivity contribution is 7.19. The van der Waals surface area contributed by atoms with Crippen LogP contribution in [0, 0.1) is 13.8 Å². The third kappa shape index (κ3) is 9.03. The number of aryl methyl sites for hydroxylation is 4. The Balaban J connectivity index is 1.28. The van der Waals surface area contributed by atoms with Crippen LogP contribution in [0.5, 0.6) is 0 Å². The van der Waals surface area contributed by atoms with E-state index in [1.807, 2.05) is 22.7 Å². The summed E-state index contributed by atoms with van der Waals surface area (Å²) in [6.45, 7) is 13.6. The van der Waals surface area contributed by atoms with Gasteiger partial charge in [0.2, 0.25) is 0 Å². The van der Waals surface area contributed by atoms with Crippen LogP contribution >= 0.6 is 22.7 Å². The smallest absolute Gasteiger partial charge is 0.0983 e. The molecule has 0 saturated heterocycles. The Morgan fingerprint density at radius 3 is 1.51 bits per heavy atom. The molecule has 0 atom stereocenters. The van der Waals surface area contributed by atoms with Crippen molar-refractivity contribution in [1.29, 1.82) is 0 Å². The average Bonchev–Trinajstić information content (AvgIpc) is 3.95. The molecule has 3 heterocycles. The van der Waals surface area contributed by atoms with Gasteiger partial charge >= 0.3 is 0 Å². The Labute approximate surface area is 352 Å². The molecule has 3 aromatic heterocycles. The topological polar surface area (TPSA) is 25.8 Å². The fourth-order valence-corrected chi connectivity index (χ4v) is 11.5. The third-order valence-electron chi connectivity index (χ3n) is 12.5. The maximum Gasteiger partial charge on any atom is 0.0983 e. The van der Waals surface area contributed by atoms with E-state index in [1.54, 1.807) is 11.1 Å². The van der Waals surface area contributed by atoms with E-state index in [0.29, 0.717) is 0 Å². The molecule has 0 radical (unpaired) electrons. The molecule has 1 aliphatic carbocycles. The molecular formula is C53H66N2S2. The highest BCUT2D eigenvalue weighted by Gasteiger charge is 2.42. The Morgan fingerprint density at radius 1 is 0.456 bits per heavy atom. The first-order valence-corrected chi connectivity index (χ1v) is 24.3. The molecule has 0 aliphatic heterocycles. The Bertz CT molecular complexity index is 2240. The second-order valence-corrected chi connectivity index (χ2v) is 19.3. The summed E-state index contributed by atoms with van der Waals surface area (Å²) in [4.78, 5) is 16.1.